The van der Waals surface area contributed by atoms with E-state index >= 15 is 0 Å². The second-order valence-corrected chi connectivity index (χ2v) is 3.41. The summed E-state index contributed by atoms with van der Waals surface area (Å²) in [6, 6.07) is 9.48. The summed E-state index contributed by atoms with van der Waals surface area (Å²) in [6.45, 7) is 1.57. The first-order chi connectivity index (χ1) is 7.09. The van der Waals surface area contributed by atoms with E-state index in [2.05, 4.69) is 0 Å². The summed E-state index contributed by atoms with van der Waals surface area (Å²) in [6.07, 6.45) is -1.74. The average molecular weight is 209 g/mol. The smallest absolute Gasteiger partial charge is 0.404 e. The van der Waals surface area contributed by atoms with Gasteiger partial charge >= 0.3 is 6.09 Å². The number of aliphatic hydroxyl groups excluding tert-OH is 1. The lowest BCUT2D eigenvalue weighted by atomic mass is 10.0. The van der Waals surface area contributed by atoms with Gasteiger partial charge in [-0.15, -0.1) is 0 Å². The Hall–Kier alpha value is -1.55. The zero-order chi connectivity index (χ0) is 11.3. The molecule has 0 aliphatic rings. The van der Waals surface area contributed by atoms with E-state index in [1.165, 1.54) is 0 Å². The Morgan fingerprint density at radius 3 is 2.53 bits per heavy atom. The Balaban J connectivity index is 2.63. The van der Waals surface area contributed by atoms with Gasteiger partial charge in [-0.25, -0.2) is 4.79 Å². The standard InChI is InChI=1S/C11H15NO3/c1-8(13)10(15-11(12)14)7-9-5-3-2-4-6-9/h2-6,8,10,13H,7H2,1H3,(H2,12,14). The van der Waals surface area contributed by atoms with E-state index in [1.54, 1.807) is 6.92 Å². The van der Waals surface area contributed by atoms with E-state index in [4.69, 9.17) is 10.5 Å². The minimum atomic E-state index is -0.864. The first-order valence-electron chi connectivity index (χ1n) is 4.77. The largest absolute Gasteiger partial charge is 0.443 e. The minimum Gasteiger partial charge on any atom is -0.443 e. The van der Waals surface area contributed by atoms with E-state index in [9.17, 15) is 9.90 Å². The van der Waals surface area contributed by atoms with Gasteiger partial charge in [0.25, 0.3) is 0 Å². The van der Waals surface area contributed by atoms with Crippen molar-refractivity contribution in [1.82, 2.24) is 0 Å². The van der Waals surface area contributed by atoms with Crippen molar-refractivity contribution in [2.75, 3.05) is 0 Å². The van der Waals surface area contributed by atoms with Crippen LogP contribution >= 0.6 is 0 Å². The maximum absolute atomic E-state index is 10.6. The predicted octanol–water partition coefficient (Wildman–Crippen LogP) is 1.07. The molecule has 0 fully saturated rings. The lowest BCUT2D eigenvalue weighted by Crippen LogP contribution is -2.33. The highest BCUT2D eigenvalue weighted by molar-refractivity contribution is 5.64. The molecule has 0 aliphatic carbocycles. The molecule has 4 heteroatoms. The number of carbonyl (C=O) groups is 1. The van der Waals surface area contributed by atoms with E-state index in [1.807, 2.05) is 30.3 Å². The van der Waals surface area contributed by atoms with Crippen LogP contribution in [0.1, 0.15) is 12.5 Å². The van der Waals surface area contributed by atoms with E-state index in [-0.39, 0.29) is 0 Å². The van der Waals surface area contributed by atoms with Crippen molar-refractivity contribution >= 4 is 6.09 Å². The second kappa shape index (κ2) is 5.36. The summed E-state index contributed by atoms with van der Waals surface area (Å²) >= 11 is 0. The Morgan fingerprint density at radius 2 is 2.07 bits per heavy atom. The molecular weight excluding hydrogens is 194 g/mol. The average Bonchev–Trinajstić information content (AvgIpc) is 2.17. The molecule has 15 heavy (non-hydrogen) atoms. The summed E-state index contributed by atoms with van der Waals surface area (Å²) in [5.74, 6) is 0. The van der Waals surface area contributed by atoms with Crippen molar-refractivity contribution in [3.8, 4) is 0 Å². The number of hydrogen-bond donors (Lipinski definition) is 2. The van der Waals surface area contributed by atoms with Gasteiger partial charge in [0.05, 0.1) is 6.10 Å². The molecule has 1 amide bonds. The summed E-state index contributed by atoms with van der Waals surface area (Å²) < 4.78 is 4.80. The quantitative estimate of drug-likeness (QED) is 0.779. The van der Waals surface area contributed by atoms with Gasteiger partial charge in [-0.2, -0.15) is 0 Å². The van der Waals surface area contributed by atoms with Crippen LogP contribution in [0.5, 0.6) is 0 Å². The number of ether oxygens (including phenoxy) is 1. The molecule has 3 N–H and O–H groups in total. The second-order valence-electron chi connectivity index (χ2n) is 3.41. The van der Waals surface area contributed by atoms with Crippen LogP contribution in [0.4, 0.5) is 4.79 Å². The van der Waals surface area contributed by atoms with Crippen molar-refractivity contribution in [3.63, 3.8) is 0 Å². The fraction of sp³-hybridized carbons (Fsp3) is 0.364. The van der Waals surface area contributed by atoms with Crippen molar-refractivity contribution < 1.29 is 14.6 Å². The number of aliphatic hydroxyl groups is 1. The molecular formula is C11H15NO3. The molecule has 1 aromatic carbocycles. The van der Waals surface area contributed by atoms with Crippen LogP contribution in [-0.2, 0) is 11.2 Å². The number of carbonyl (C=O) groups excluding carboxylic acids is 1. The van der Waals surface area contributed by atoms with Gasteiger partial charge < -0.3 is 15.6 Å². The Kier molecular flexibility index (Phi) is 4.12. The molecule has 1 rings (SSSR count). The van der Waals surface area contributed by atoms with Crippen LogP contribution in [0.15, 0.2) is 30.3 Å². The maximum Gasteiger partial charge on any atom is 0.404 e. The predicted molar refractivity (Wildman–Crippen MR) is 56.3 cm³/mol. The number of benzene rings is 1. The van der Waals surface area contributed by atoms with Crippen LogP contribution < -0.4 is 5.73 Å². The lowest BCUT2D eigenvalue weighted by Gasteiger charge is -2.19. The van der Waals surface area contributed by atoms with Gasteiger partial charge in [0.1, 0.15) is 6.10 Å². The minimum absolute atomic E-state index is 0.460. The van der Waals surface area contributed by atoms with Crippen molar-refractivity contribution in [3.05, 3.63) is 35.9 Å². The zero-order valence-corrected chi connectivity index (χ0v) is 8.59. The highest BCUT2D eigenvalue weighted by Gasteiger charge is 2.18. The molecule has 0 radical (unpaired) electrons. The summed E-state index contributed by atoms with van der Waals surface area (Å²) in [4.78, 5) is 10.6. The van der Waals surface area contributed by atoms with Crippen LogP contribution in [-0.4, -0.2) is 23.4 Å². The molecule has 0 saturated carbocycles. The van der Waals surface area contributed by atoms with Gasteiger partial charge in [-0.05, 0) is 12.5 Å². The molecule has 0 bridgehead atoms. The SMILES string of the molecule is CC(O)C(Cc1ccccc1)OC(N)=O. The zero-order valence-electron chi connectivity index (χ0n) is 8.59. The third-order valence-electron chi connectivity index (χ3n) is 2.09. The van der Waals surface area contributed by atoms with Crippen LogP contribution in [0.2, 0.25) is 0 Å². The van der Waals surface area contributed by atoms with E-state index < -0.39 is 18.3 Å². The van der Waals surface area contributed by atoms with E-state index in [0.717, 1.165) is 5.56 Å². The number of nitrogens with two attached hydrogens (primary N) is 1. The Morgan fingerprint density at radius 1 is 1.47 bits per heavy atom. The monoisotopic (exact) mass is 209 g/mol. The highest BCUT2D eigenvalue weighted by atomic mass is 16.6. The van der Waals surface area contributed by atoms with Crippen molar-refractivity contribution in [2.45, 2.75) is 25.6 Å². The van der Waals surface area contributed by atoms with Gasteiger partial charge in [-0.1, -0.05) is 30.3 Å². The number of hydrogen-bond acceptors (Lipinski definition) is 3. The Labute approximate surface area is 88.7 Å². The fourth-order valence-corrected chi connectivity index (χ4v) is 1.31. The Bertz CT molecular complexity index is 311. The number of amides is 1. The van der Waals surface area contributed by atoms with Crippen LogP contribution in [0, 0.1) is 0 Å². The van der Waals surface area contributed by atoms with Gasteiger partial charge in [0.15, 0.2) is 0 Å². The maximum atomic E-state index is 10.6. The molecule has 2 unspecified atom stereocenters. The third kappa shape index (κ3) is 3.99. The third-order valence-corrected chi connectivity index (χ3v) is 2.09. The summed E-state index contributed by atoms with van der Waals surface area (Å²) in [7, 11) is 0. The van der Waals surface area contributed by atoms with Crippen molar-refractivity contribution in [1.29, 1.82) is 0 Å². The fourth-order valence-electron chi connectivity index (χ4n) is 1.31. The van der Waals surface area contributed by atoms with E-state index in [0.29, 0.717) is 6.42 Å². The molecule has 4 nitrogen and oxygen atoms in total. The van der Waals surface area contributed by atoms with Crippen LogP contribution in [0.25, 0.3) is 0 Å². The molecule has 0 aliphatic heterocycles. The van der Waals surface area contributed by atoms with Gasteiger partial charge in [0, 0.05) is 6.42 Å². The summed E-state index contributed by atoms with van der Waals surface area (Å²) in [5.41, 5.74) is 5.90. The molecule has 1 aromatic rings. The number of primary amides is 1. The molecule has 0 spiro atoms. The topological polar surface area (TPSA) is 72.6 Å². The number of rotatable bonds is 4. The lowest BCUT2D eigenvalue weighted by molar-refractivity contribution is 0.0164. The molecule has 0 saturated heterocycles. The molecule has 2 atom stereocenters. The van der Waals surface area contributed by atoms with Gasteiger partial charge in [-0.3, -0.25) is 0 Å². The first-order valence-corrected chi connectivity index (χ1v) is 4.77. The molecule has 82 valence electrons. The molecule has 0 aromatic heterocycles. The summed E-state index contributed by atoms with van der Waals surface area (Å²) in [5, 5.41) is 9.39. The first kappa shape index (κ1) is 11.5. The highest BCUT2D eigenvalue weighted by Crippen LogP contribution is 2.09. The van der Waals surface area contributed by atoms with Crippen molar-refractivity contribution in [2.24, 2.45) is 5.73 Å². The van der Waals surface area contributed by atoms with Gasteiger partial charge in [0.2, 0.25) is 0 Å². The van der Waals surface area contributed by atoms with Crippen LogP contribution in [0.3, 0.4) is 0 Å². The normalized spacial score (nSPS) is 14.3. The molecule has 0 heterocycles.